The summed E-state index contributed by atoms with van der Waals surface area (Å²) in [5, 5.41) is 0. The van der Waals surface area contributed by atoms with E-state index in [1.807, 2.05) is 0 Å². The van der Waals surface area contributed by atoms with E-state index >= 15 is 0 Å². The Bertz CT molecular complexity index is 235. The maximum absolute atomic E-state index is 2.47. The monoisotopic (exact) mass is 160 g/mol. The SMILES string of the molecule is C[C@@H]1[C@H](C)[C@H]2C=C[C@H]1[C@@H]1C=C[C@H]12. The molecule has 1 fully saturated rings. The van der Waals surface area contributed by atoms with E-state index in [-0.39, 0.29) is 0 Å². The van der Waals surface area contributed by atoms with Crippen LogP contribution >= 0.6 is 0 Å². The van der Waals surface area contributed by atoms with E-state index < -0.39 is 0 Å². The fraction of sp³-hybridized carbons (Fsp3) is 0.667. The van der Waals surface area contributed by atoms with Crippen molar-refractivity contribution in [3.8, 4) is 0 Å². The van der Waals surface area contributed by atoms with Crippen molar-refractivity contribution in [3.63, 3.8) is 0 Å². The summed E-state index contributed by atoms with van der Waals surface area (Å²) in [5.41, 5.74) is 0. The third-order valence-electron chi connectivity index (χ3n) is 4.49. The van der Waals surface area contributed by atoms with Gasteiger partial charge in [-0.15, -0.1) is 0 Å². The number of rotatable bonds is 0. The summed E-state index contributed by atoms with van der Waals surface area (Å²) < 4.78 is 0. The third-order valence-corrected chi connectivity index (χ3v) is 4.49. The van der Waals surface area contributed by atoms with Gasteiger partial charge in [0.25, 0.3) is 0 Å². The van der Waals surface area contributed by atoms with Crippen LogP contribution in [0.2, 0.25) is 0 Å². The van der Waals surface area contributed by atoms with Crippen LogP contribution < -0.4 is 0 Å². The minimum absolute atomic E-state index is 0.861. The molecule has 4 aliphatic rings. The zero-order chi connectivity index (χ0) is 8.29. The standard InChI is InChI=1S/C12H16/c1-7-8(2)10-4-3-9(7)11-5-6-12(10)11/h3-12H,1-2H3/t7-,8+,9-,10-,11+,12+/m1/s1. The van der Waals surface area contributed by atoms with E-state index in [0.717, 1.165) is 35.5 Å². The number of hydrogen-bond acceptors (Lipinski definition) is 0. The minimum Gasteiger partial charge on any atom is -0.0842 e. The van der Waals surface area contributed by atoms with Crippen molar-refractivity contribution in [2.75, 3.05) is 0 Å². The van der Waals surface area contributed by atoms with Crippen LogP contribution in [0.4, 0.5) is 0 Å². The number of allylic oxidation sites excluding steroid dienone is 4. The summed E-state index contributed by atoms with van der Waals surface area (Å²) >= 11 is 0. The first kappa shape index (κ1) is 6.94. The normalized spacial score (nSPS) is 59.8. The van der Waals surface area contributed by atoms with E-state index in [0.29, 0.717) is 0 Å². The first-order chi connectivity index (χ1) is 5.79. The van der Waals surface area contributed by atoms with Gasteiger partial charge in [0.05, 0.1) is 0 Å². The second kappa shape index (κ2) is 2.04. The van der Waals surface area contributed by atoms with Crippen molar-refractivity contribution in [1.82, 2.24) is 0 Å². The van der Waals surface area contributed by atoms with Crippen molar-refractivity contribution < 1.29 is 0 Å². The molecule has 12 heavy (non-hydrogen) atoms. The van der Waals surface area contributed by atoms with Crippen LogP contribution in [0.25, 0.3) is 0 Å². The maximum Gasteiger partial charge on any atom is -0.00990 e. The van der Waals surface area contributed by atoms with E-state index in [1.54, 1.807) is 0 Å². The van der Waals surface area contributed by atoms with Gasteiger partial charge >= 0.3 is 0 Å². The molecule has 4 rings (SSSR count). The van der Waals surface area contributed by atoms with Crippen LogP contribution in [0, 0.1) is 35.5 Å². The van der Waals surface area contributed by atoms with Crippen molar-refractivity contribution in [3.05, 3.63) is 24.3 Å². The Balaban J connectivity index is 2.04. The highest BCUT2D eigenvalue weighted by Gasteiger charge is 2.48. The van der Waals surface area contributed by atoms with Gasteiger partial charge in [0, 0.05) is 0 Å². The molecule has 0 heterocycles. The second-order valence-electron chi connectivity index (χ2n) is 4.80. The first-order valence-electron chi connectivity index (χ1n) is 5.15. The van der Waals surface area contributed by atoms with Crippen LogP contribution in [0.3, 0.4) is 0 Å². The Morgan fingerprint density at radius 1 is 0.583 bits per heavy atom. The van der Waals surface area contributed by atoms with Gasteiger partial charge < -0.3 is 0 Å². The molecule has 0 radical (unpaired) electrons. The molecule has 0 aliphatic heterocycles. The summed E-state index contributed by atoms with van der Waals surface area (Å²) in [6.07, 6.45) is 9.79. The molecule has 0 aromatic rings. The molecule has 0 heteroatoms. The lowest BCUT2D eigenvalue weighted by Crippen LogP contribution is -2.48. The number of fused-ring (bicyclic) bond motifs is 1. The van der Waals surface area contributed by atoms with Gasteiger partial charge in [-0.05, 0) is 35.5 Å². The van der Waals surface area contributed by atoms with Gasteiger partial charge in [0.15, 0.2) is 0 Å². The molecule has 4 aliphatic carbocycles. The minimum atomic E-state index is 0.861. The molecule has 0 saturated heterocycles. The Morgan fingerprint density at radius 2 is 0.917 bits per heavy atom. The molecule has 0 amide bonds. The fourth-order valence-corrected chi connectivity index (χ4v) is 3.40. The topological polar surface area (TPSA) is 0 Å². The predicted molar refractivity (Wildman–Crippen MR) is 50.6 cm³/mol. The van der Waals surface area contributed by atoms with Crippen molar-refractivity contribution in [2.45, 2.75) is 13.8 Å². The average molecular weight is 160 g/mol. The van der Waals surface area contributed by atoms with Gasteiger partial charge in [0.2, 0.25) is 0 Å². The Labute approximate surface area is 74.4 Å². The lowest BCUT2D eigenvalue weighted by Gasteiger charge is -2.54. The molecule has 0 unspecified atom stereocenters. The summed E-state index contributed by atoms with van der Waals surface area (Å²) in [7, 11) is 0. The highest BCUT2D eigenvalue weighted by molar-refractivity contribution is 5.26. The van der Waals surface area contributed by atoms with Gasteiger partial charge in [-0.2, -0.15) is 0 Å². The maximum atomic E-state index is 2.47. The summed E-state index contributed by atoms with van der Waals surface area (Å²) in [5.74, 6) is 5.36. The van der Waals surface area contributed by atoms with Crippen molar-refractivity contribution >= 4 is 0 Å². The second-order valence-corrected chi connectivity index (χ2v) is 4.80. The van der Waals surface area contributed by atoms with Crippen molar-refractivity contribution in [2.24, 2.45) is 35.5 Å². The fourth-order valence-electron chi connectivity index (χ4n) is 3.40. The molecule has 1 saturated carbocycles. The van der Waals surface area contributed by atoms with Gasteiger partial charge in [-0.3, -0.25) is 0 Å². The van der Waals surface area contributed by atoms with Crippen LogP contribution in [0.1, 0.15) is 13.8 Å². The molecule has 0 N–H and O–H groups in total. The largest absolute Gasteiger partial charge is 0.0842 e. The Kier molecular flexibility index (Phi) is 1.18. The lowest BCUT2D eigenvalue weighted by molar-refractivity contribution is 0.0557. The summed E-state index contributed by atoms with van der Waals surface area (Å²) in [6, 6.07) is 0. The van der Waals surface area contributed by atoms with Gasteiger partial charge in [0.1, 0.15) is 0 Å². The van der Waals surface area contributed by atoms with E-state index in [2.05, 4.69) is 38.2 Å². The molecule has 0 aromatic carbocycles. The molecule has 2 bridgehead atoms. The number of hydrogen-bond donors (Lipinski definition) is 0. The molecule has 0 aromatic heterocycles. The third kappa shape index (κ3) is 0.608. The van der Waals surface area contributed by atoms with E-state index in [9.17, 15) is 0 Å². The first-order valence-corrected chi connectivity index (χ1v) is 5.15. The van der Waals surface area contributed by atoms with Gasteiger partial charge in [-0.25, -0.2) is 0 Å². The Hall–Kier alpha value is -0.520. The zero-order valence-electron chi connectivity index (χ0n) is 7.77. The highest BCUT2D eigenvalue weighted by atomic mass is 14.5. The van der Waals surface area contributed by atoms with Crippen LogP contribution in [-0.2, 0) is 0 Å². The predicted octanol–water partition coefficient (Wildman–Crippen LogP) is 2.88. The smallest absolute Gasteiger partial charge is 0.00990 e. The quantitative estimate of drug-likeness (QED) is 0.478. The highest BCUT2D eigenvalue weighted by Crippen LogP contribution is 2.55. The zero-order valence-corrected chi connectivity index (χ0v) is 7.77. The average Bonchev–Trinajstić information content (AvgIpc) is 2.00. The van der Waals surface area contributed by atoms with E-state index in [4.69, 9.17) is 0 Å². The molecule has 0 nitrogen and oxygen atoms in total. The van der Waals surface area contributed by atoms with Crippen LogP contribution in [0.5, 0.6) is 0 Å². The van der Waals surface area contributed by atoms with Crippen LogP contribution in [-0.4, -0.2) is 0 Å². The van der Waals surface area contributed by atoms with E-state index in [1.165, 1.54) is 0 Å². The summed E-state index contributed by atoms with van der Waals surface area (Å²) in [4.78, 5) is 0. The van der Waals surface area contributed by atoms with Crippen molar-refractivity contribution in [1.29, 1.82) is 0 Å². The Morgan fingerprint density at radius 3 is 1.25 bits per heavy atom. The summed E-state index contributed by atoms with van der Waals surface area (Å²) in [6.45, 7) is 4.85. The molecule has 0 spiro atoms. The molecular formula is C12H16. The van der Waals surface area contributed by atoms with Gasteiger partial charge in [-0.1, -0.05) is 38.2 Å². The molecular weight excluding hydrogens is 144 g/mol. The molecule has 64 valence electrons. The molecule has 6 atom stereocenters. The lowest BCUT2D eigenvalue weighted by atomic mass is 9.50. The van der Waals surface area contributed by atoms with Crippen LogP contribution in [0.15, 0.2) is 24.3 Å².